The molecule has 2 heterocycles. The lowest BCUT2D eigenvalue weighted by Gasteiger charge is -2.09. The molecule has 8 heteroatoms. The second-order valence-corrected chi connectivity index (χ2v) is 6.09. The molecule has 0 bridgehead atoms. The summed E-state index contributed by atoms with van der Waals surface area (Å²) < 4.78 is 1.68. The number of rotatable bonds is 4. The fourth-order valence-corrected chi connectivity index (χ4v) is 2.44. The molecule has 7 nitrogen and oxygen atoms in total. The zero-order valence-corrected chi connectivity index (χ0v) is 13.5. The van der Waals surface area contributed by atoms with Crippen molar-refractivity contribution in [3.05, 3.63) is 40.9 Å². The first kappa shape index (κ1) is 15.5. The van der Waals surface area contributed by atoms with Crippen LogP contribution in [0, 0.1) is 0 Å². The molecule has 1 aliphatic heterocycles. The van der Waals surface area contributed by atoms with E-state index >= 15 is 0 Å². The van der Waals surface area contributed by atoms with E-state index in [4.69, 9.17) is 11.6 Å². The van der Waals surface area contributed by atoms with Gasteiger partial charge in [-0.1, -0.05) is 25.4 Å². The molecular weight excluding hydrogens is 318 g/mol. The minimum atomic E-state index is -0.641. The highest BCUT2D eigenvalue weighted by Crippen LogP contribution is 2.18. The average Bonchev–Trinajstić information content (AvgIpc) is 3.04. The molecule has 23 heavy (non-hydrogen) atoms. The third kappa shape index (κ3) is 3.19. The van der Waals surface area contributed by atoms with Gasteiger partial charge in [-0.25, -0.2) is 14.5 Å². The van der Waals surface area contributed by atoms with Crippen LogP contribution in [-0.4, -0.2) is 32.7 Å². The van der Waals surface area contributed by atoms with E-state index in [1.54, 1.807) is 16.8 Å². The topological polar surface area (TPSA) is 88.9 Å². The third-order valence-electron chi connectivity index (χ3n) is 3.52. The summed E-state index contributed by atoms with van der Waals surface area (Å²) in [5, 5.41) is 9.94. The van der Waals surface area contributed by atoms with E-state index in [0.717, 1.165) is 5.69 Å². The van der Waals surface area contributed by atoms with E-state index in [2.05, 4.69) is 20.7 Å². The molecule has 1 atom stereocenters. The lowest BCUT2D eigenvalue weighted by Crippen LogP contribution is -2.32. The van der Waals surface area contributed by atoms with Crippen LogP contribution in [0.4, 0.5) is 4.79 Å². The molecule has 0 radical (unpaired) electrons. The van der Waals surface area contributed by atoms with Gasteiger partial charge in [-0.05, 0) is 24.3 Å². The van der Waals surface area contributed by atoms with Crippen molar-refractivity contribution in [1.82, 2.24) is 25.4 Å². The Hall–Kier alpha value is -2.41. The molecule has 1 saturated heterocycles. The quantitative estimate of drug-likeness (QED) is 0.835. The number of nitrogens with one attached hydrogen (secondary N) is 2. The summed E-state index contributed by atoms with van der Waals surface area (Å²) in [6, 6.07) is 6.07. The van der Waals surface area contributed by atoms with Crippen LogP contribution in [-0.2, 0) is 11.2 Å². The van der Waals surface area contributed by atoms with Crippen molar-refractivity contribution in [2.24, 2.45) is 0 Å². The number of halogens is 1. The molecule has 3 amide bonds. The number of benzene rings is 1. The highest BCUT2D eigenvalue weighted by atomic mass is 35.5. The van der Waals surface area contributed by atoms with Gasteiger partial charge in [0.15, 0.2) is 5.82 Å². The second kappa shape index (κ2) is 6.00. The van der Waals surface area contributed by atoms with Crippen LogP contribution in [0.25, 0.3) is 5.69 Å². The summed E-state index contributed by atoms with van der Waals surface area (Å²) in [4.78, 5) is 27.5. The third-order valence-corrected chi connectivity index (χ3v) is 3.78. The number of urea groups is 1. The Bertz CT molecular complexity index is 754. The molecule has 1 aromatic heterocycles. The monoisotopic (exact) mass is 333 g/mol. The molecule has 3 rings (SSSR count). The van der Waals surface area contributed by atoms with Gasteiger partial charge in [0.2, 0.25) is 0 Å². The number of nitrogens with zero attached hydrogens (tertiary/aromatic N) is 3. The molecule has 2 aromatic rings. The Kier molecular flexibility index (Phi) is 4.04. The summed E-state index contributed by atoms with van der Waals surface area (Å²) in [5.74, 6) is 1.08. The van der Waals surface area contributed by atoms with E-state index in [9.17, 15) is 9.59 Å². The minimum Gasteiger partial charge on any atom is -0.326 e. The Morgan fingerprint density at radius 3 is 2.52 bits per heavy atom. The van der Waals surface area contributed by atoms with Gasteiger partial charge in [0.1, 0.15) is 11.9 Å². The molecule has 2 N–H and O–H groups in total. The predicted molar refractivity (Wildman–Crippen MR) is 84.6 cm³/mol. The largest absolute Gasteiger partial charge is 0.326 e. The first-order chi connectivity index (χ1) is 10.9. The van der Waals surface area contributed by atoms with Gasteiger partial charge >= 0.3 is 6.03 Å². The van der Waals surface area contributed by atoms with Gasteiger partial charge in [0.05, 0.1) is 5.69 Å². The van der Waals surface area contributed by atoms with Gasteiger partial charge < -0.3 is 5.32 Å². The number of imide groups is 1. The van der Waals surface area contributed by atoms with Crippen molar-refractivity contribution >= 4 is 23.5 Å². The standard InChI is InChI=1S/C15H16ClN5O2/c1-8(2)13-18-12(7-11-14(22)19-15(23)17-11)21(20-13)10-5-3-9(16)4-6-10/h3-6,8,11H,7H2,1-2H3,(H2,17,19,22,23)/t11-/m1/s1. The van der Waals surface area contributed by atoms with Crippen LogP contribution < -0.4 is 10.6 Å². The number of hydrogen-bond acceptors (Lipinski definition) is 4. The zero-order chi connectivity index (χ0) is 16.6. The second-order valence-electron chi connectivity index (χ2n) is 5.65. The van der Waals surface area contributed by atoms with E-state index in [-0.39, 0.29) is 18.2 Å². The van der Waals surface area contributed by atoms with Gasteiger partial charge in [-0.15, -0.1) is 0 Å². The first-order valence-corrected chi connectivity index (χ1v) is 7.65. The molecule has 0 unspecified atom stereocenters. The van der Waals surface area contributed by atoms with Crippen molar-refractivity contribution in [2.45, 2.75) is 32.2 Å². The van der Waals surface area contributed by atoms with Crippen LogP contribution >= 0.6 is 11.6 Å². The highest BCUT2D eigenvalue weighted by molar-refractivity contribution is 6.30. The first-order valence-electron chi connectivity index (χ1n) is 7.27. The maximum absolute atomic E-state index is 11.8. The molecule has 120 valence electrons. The van der Waals surface area contributed by atoms with Crippen molar-refractivity contribution in [2.75, 3.05) is 0 Å². The van der Waals surface area contributed by atoms with E-state index in [0.29, 0.717) is 16.7 Å². The molecular formula is C15H16ClN5O2. The maximum atomic E-state index is 11.8. The number of amides is 3. The molecule has 0 saturated carbocycles. The maximum Gasteiger partial charge on any atom is 0.322 e. The lowest BCUT2D eigenvalue weighted by molar-refractivity contribution is -0.120. The summed E-state index contributed by atoms with van der Waals surface area (Å²) in [7, 11) is 0. The Morgan fingerprint density at radius 1 is 1.26 bits per heavy atom. The predicted octanol–water partition coefficient (Wildman–Crippen LogP) is 1.79. The normalized spacial score (nSPS) is 17.5. The minimum absolute atomic E-state index is 0.147. The smallest absolute Gasteiger partial charge is 0.322 e. The summed E-state index contributed by atoms with van der Waals surface area (Å²) in [5.41, 5.74) is 0.800. The van der Waals surface area contributed by atoms with Crippen molar-refractivity contribution in [3.8, 4) is 5.69 Å². The summed E-state index contributed by atoms with van der Waals surface area (Å²) in [6.45, 7) is 3.99. The van der Waals surface area contributed by atoms with Gasteiger partial charge in [-0.2, -0.15) is 5.10 Å². The SMILES string of the molecule is CC(C)c1nc(C[C@H]2NC(=O)NC2=O)n(-c2ccc(Cl)cc2)n1. The van der Waals surface area contributed by atoms with Crippen LogP contribution in [0.2, 0.25) is 5.02 Å². The van der Waals surface area contributed by atoms with Crippen molar-refractivity contribution < 1.29 is 9.59 Å². The van der Waals surface area contributed by atoms with Crippen LogP contribution in [0.5, 0.6) is 0 Å². The van der Waals surface area contributed by atoms with E-state index < -0.39 is 12.1 Å². The Morgan fingerprint density at radius 2 is 1.96 bits per heavy atom. The molecule has 1 aromatic carbocycles. The molecule has 1 fully saturated rings. The van der Waals surface area contributed by atoms with Crippen molar-refractivity contribution in [1.29, 1.82) is 0 Å². The summed E-state index contributed by atoms with van der Waals surface area (Å²) in [6.07, 6.45) is 0.264. The lowest BCUT2D eigenvalue weighted by atomic mass is 10.2. The summed E-state index contributed by atoms with van der Waals surface area (Å²) >= 11 is 5.92. The highest BCUT2D eigenvalue weighted by Gasteiger charge is 2.31. The van der Waals surface area contributed by atoms with Gasteiger partial charge in [-0.3, -0.25) is 10.1 Å². The Labute approximate surface area is 138 Å². The molecule has 1 aliphatic rings. The number of carbonyl (C=O) groups excluding carboxylic acids is 2. The number of carbonyl (C=O) groups is 2. The van der Waals surface area contributed by atoms with Crippen molar-refractivity contribution in [3.63, 3.8) is 0 Å². The van der Waals surface area contributed by atoms with Crippen LogP contribution in [0.15, 0.2) is 24.3 Å². The van der Waals surface area contributed by atoms with Crippen LogP contribution in [0.1, 0.15) is 31.4 Å². The zero-order valence-electron chi connectivity index (χ0n) is 12.7. The number of aromatic nitrogens is 3. The van der Waals surface area contributed by atoms with Gasteiger partial charge in [0, 0.05) is 17.4 Å². The average molecular weight is 334 g/mol. The fraction of sp³-hybridized carbons (Fsp3) is 0.333. The molecule has 0 spiro atoms. The number of hydrogen-bond donors (Lipinski definition) is 2. The van der Waals surface area contributed by atoms with E-state index in [1.807, 2.05) is 26.0 Å². The van der Waals surface area contributed by atoms with E-state index in [1.165, 1.54) is 0 Å². The molecule has 0 aliphatic carbocycles. The van der Waals surface area contributed by atoms with Gasteiger partial charge in [0.25, 0.3) is 5.91 Å². The van der Waals surface area contributed by atoms with Crippen LogP contribution in [0.3, 0.4) is 0 Å². The fourth-order valence-electron chi connectivity index (χ4n) is 2.31. The Balaban J connectivity index is 1.96.